The van der Waals surface area contributed by atoms with Gasteiger partial charge in [-0.05, 0) is 0 Å². The maximum Gasteiger partial charge on any atom is 0.154 e. The van der Waals surface area contributed by atoms with Gasteiger partial charge in [0.05, 0.1) is 5.75 Å². The zero-order valence-corrected chi connectivity index (χ0v) is 6.57. The second-order valence-electron chi connectivity index (χ2n) is 2.13. The van der Waals surface area contributed by atoms with Crippen LogP contribution in [0.1, 0.15) is 13.8 Å². The Kier molecular flexibility index (Phi) is 4.94. The summed E-state index contributed by atoms with van der Waals surface area (Å²) >= 11 is -1.64. The SMILES string of the molecule is CC(C)NCCS(=O)O. The average Bonchev–Trinajstić information content (AvgIpc) is 1.63. The average molecular weight is 151 g/mol. The van der Waals surface area contributed by atoms with Crippen LogP contribution in [0.5, 0.6) is 0 Å². The maximum atomic E-state index is 10.1. The first-order valence-electron chi connectivity index (χ1n) is 2.93. The molecule has 3 nitrogen and oxygen atoms in total. The Morgan fingerprint density at radius 1 is 1.67 bits per heavy atom. The predicted octanol–water partition coefficient (Wildman–Crippen LogP) is 0.206. The Morgan fingerprint density at radius 2 is 2.22 bits per heavy atom. The quantitative estimate of drug-likeness (QED) is 0.564. The van der Waals surface area contributed by atoms with Crippen LogP contribution in [0.3, 0.4) is 0 Å². The van der Waals surface area contributed by atoms with Gasteiger partial charge >= 0.3 is 0 Å². The molecule has 0 aliphatic heterocycles. The molecule has 0 bridgehead atoms. The number of hydrogen-bond donors (Lipinski definition) is 2. The summed E-state index contributed by atoms with van der Waals surface area (Å²) in [7, 11) is 0. The smallest absolute Gasteiger partial charge is 0.154 e. The van der Waals surface area contributed by atoms with Gasteiger partial charge in [-0.2, -0.15) is 0 Å². The zero-order valence-electron chi connectivity index (χ0n) is 5.76. The molecule has 56 valence electrons. The summed E-state index contributed by atoms with van der Waals surface area (Å²) in [5.74, 6) is 0.318. The van der Waals surface area contributed by atoms with Crippen molar-refractivity contribution in [1.29, 1.82) is 0 Å². The Morgan fingerprint density at radius 3 is 2.56 bits per heavy atom. The summed E-state index contributed by atoms with van der Waals surface area (Å²) in [6.07, 6.45) is 0. The summed E-state index contributed by atoms with van der Waals surface area (Å²) in [5, 5.41) is 3.02. The van der Waals surface area contributed by atoms with E-state index in [1.165, 1.54) is 0 Å². The van der Waals surface area contributed by atoms with Crippen LogP contribution in [0, 0.1) is 0 Å². The molecule has 0 aliphatic carbocycles. The molecular formula is C5H13NO2S. The van der Waals surface area contributed by atoms with Gasteiger partial charge < -0.3 is 9.87 Å². The number of hydrogen-bond acceptors (Lipinski definition) is 2. The maximum absolute atomic E-state index is 10.1. The first-order chi connectivity index (χ1) is 4.13. The Hall–Kier alpha value is 0.0700. The topological polar surface area (TPSA) is 49.3 Å². The minimum Gasteiger partial charge on any atom is -0.314 e. The minimum absolute atomic E-state index is 0.318. The summed E-state index contributed by atoms with van der Waals surface area (Å²) in [6.45, 7) is 4.61. The van der Waals surface area contributed by atoms with Crippen molar-refractivity contribution in [3.63, 3.8) is 0 Å². The Bertz CT molecular complexity index is 95.0. The first kappa shape index (κ1) is 9.07. The van der Waals surface area contributed by atoms with E-state index in [0.717, 1.165) is 0 Å². The monoisotopic (exact) mass is 151 g/mol. The van der Waals surface area contributed by atoms with Gasteiger partial charge in [-0.3, -0.25) is 0 Å². The Labute approximate surface area is 58.1 Å². The molecule has 1 unspecified atom stereocenters. The van der Waals surface area contributed by atoms with E-state index in [1.54, 1.807) is 0 Å². The van der Waals surface area contributed by atoms with Crippen molar-refractivity contribution in [1.82, 2.24) is 5.32 Å². The second-order valence-corrected chi connectivity index (χ2v) is 3.19. The molecule has 1 atom stereocenters. The second kappa shape index (κ2) is 4.90. The molecule has 0 heterocycles. The van der Waals surface area contributed by atoms with Crippen LogP contribution >= 0.6 is 0 Å². The van der Waals surface area contributed by atoms with Gasteiger partial charge in [0.1, 0.15) is 0 Å². The molecule has 0 amide bonds. The van der Waals surface area contributed by atoms with Crippen LogP contribution in [0.15, 0.2) is 0 Å². The molecule has 0 spiro atoms. The van der Waals surface area contributed by atoms with E-state index >= 15 is 0 Å². The molecular weight excluding hydrogens is 138 g/mol. The van der Waals surface area contributed by atoms with Gasteiger partial charge in [0.15, 0.2) is 11.1 Å². The lowest BCUT2D eigenvalue weighted by Crippen LogP contribution is -2.26. The molecule has 0 aromatic rings. The van der Waals surface area contributed by atoms with E-state index < -0.39 is 11.1 Å². The van der Waals surface area contributed by atoms with Crippen LogP contribution in [0.2, 0.25) is 0 Å². The number of nitrogens with one attached hydrogen (secondary N) is 1. The van der Waals surface area contributed by atoms with Gasteiger partial charge in [0, 0.05) is 12.6 Å². The molecule has 0 aromatic carbocycles. The molecule has 0 radical (unpaired) electrons. The van der Waals surface area contributed by atoms with Crippen molar-refractivity contribution in [3.05, 3.63) is 0 Å². The van der Waals surface area contributed by atoms with Crippen LogP contribution in [-0.2, 0) is 11.1 Å². The van der Waals surface area contributed by atoms with Crippen LogP contribution < -0.4 is 5.32 Å². The number of rotatable bonds is 4. The zero-order chi connectivity index (χ0) is 7.28. The lowest BCUT2D eigenvalue weighted by atomic mass is 10.4. The molecule has 0 rings (SSSR count). The van der Waals surface area contributed by atoms with Crippen molar-refractivity contribution in [3.8, 4) is 0 Å². The summed E-state index contributed by atoms with van der Waals surface area (Å²) < 4.78 is 18.3. The molecule has 4 heteroatoms. The molecule has 0 aliphatic rings. The summed E-state index contributed by atoms with van der Waals surface area (Å²) in [4.78, 5) is 0. The normalized spacial score (nSPS) is 14.2. The van der Waals surface area contributed by atoms with Crippen molar-refractivity contribution in [2.24, 2.45) is 0 Å². The lowest BCUT2D eigenvalue weighted by Gasteiger charge is -2.04. The molecule has 0 saturated carbocycles. The lowest BCUT2D eigenvalue weighted by molar-refractivity contribution is 0.553. The van der Waals surface area contributed by atoms with Gasteiger partial charge in [0.25, 0.3) is 0 Å². The first-order valence-corrected chi connectivity index (χ1v) is 4.21. The van der Waals surface area contributed by atoms with E-state index in [2.05, 4.69) is 5.32 Å². The highest BCUT2D eigenvalue weighted by molar-refractivity contribution is 7.79. The van der Waals surface area contributed by atoms with Gasteiger partial charge in [-0.15, -0.1) is 0 Å². The third-order valence-corrected chi connectivity index (χ3v) is 1.38. The highest BCUT2D eigenvalue weighted by Gasteiger charge is 1.93. The molecule has 2 N–H and O–H groups in total. The third-order valence-electron chi connectivity index (χ3n) is 0.829. The van der Waals surface area contributed by atoms with Crippen molar-refractivity contribution < 1.29 is 8.76 Å². The van der Waals surface area contributed by atoms with E-state index in [9.17, 15) is 4.21 Å². The molecule has 0 aromatic heterocycles. The molecule has 9 heavy (non-hydrogen) atoms. The largest absolute Gasteiger partial charge is 0.314 e. The molecule has 0 fully saturated rings. The van der Waals surface area contributed by atoms with E-state index in [0.29, 0.717) is 18.3 Å². The van der Waals surface area contributed by atoms with Crippen molar-refractivity contribution in [2.45, 2.75) is 19.9 Å². The summed E-state index contributed by atoms with van der Waals surface area (Å²) in [6, 6.07) is 0.397. The predicted molar refractivity (Wildman–Crippen MR) is 38.8 cm³/mol. The van der Waals surface area contributed by atoms with Gasteiger partial charge in [-0.25, -0.2) is 4.21 Å². The van der Waals surface area contributed by atoms with Crippen LogP contribution in [0.25, 0.3) is 0 Å². The fourth-order valence-electron chi connectivity index (χ4n) is 0.435. The van der Waals surface area contributed by atoms with Crippen molar-refractivity contribution in [2.75, 3.05) is 12.3 Å². The van der Waals surface area contributed by atoms with E-state index in [-0.39, 0.29) is 0 Å². The molecule has 0 saturated heterocycles. The van der Waals surface area contributed by atoms with Crippen LogP contribution in [-0.4, -0.2) is 27.1 Å². The fourth-order valence-corrected chi connectivity index (χ4v) is 0.727. The standard InChI is InChI=1S/C5H13NO2S/c1-5(2)6-3-4-9(7)8/h5-6H,3-4H2,1-2H3,(H,7,8). The summed E-state index contributed by atoms with van der Waals surface area (Å²) in [5.41, 5.74) is 0. The minimum atomic E-state index is -1.64. The fraction of sp³-hybridized carbons (Fsp3) is 1.00. The van der Waals surface area contributed by atoms with Crippen LogP contribution in [0.4, 0.5) is 0 Å². The van der Waals surface area contributed by atoms with E-state index in [4.69, 9.17) is 4.55 Å². The van der Waals surface area contributed by atoms with E-state index in [1.807, 2.05) is 13.8 Å². The van der Waals surface area contributed by atoms with Gasteiger partial charge in [0.2, 0.25) is 0 Å². The van der Waals surface area contributed by atoms with Gasteiger partial charge in [-0.1, -0.05) is 13.8 Å². The highest BCUT2D eigenvalue weighted by Crippen LogP contribution is 1.76. The highest BCUT2D eigenvalue weighted by atomic mass is 32.2. The van der Waals surface area contributed by atoms with Crippen molar-refractivity contribution >= 4 is 11.1 Å². The third kappa shape index (κ3) is 8.07. The Balaban J connectivity index is 3.01.